The van der Waals surface area contributed by atoms with E-state index < -0.39 is 0 Å². The first-order chi connectivity index (χ1) is 18.6. The van der Waals surface area contributed by atoms with E-state index in [1.165, 1.54) is 6.42 Å². The number of aromatic nitrogens is 4. The van der Waals surface area contributed by atoms with Crippen LogP contribution in [-0.2, 0) is 11.2 Å². The van der Waals surface area contributed by atoms with E-state index in [0.29, 0.717) is 35.9 Å². The fraction of sp³-hybridized carbons (Fsp3) is 0.367. The van der Waals surface area contributed by atoms with E-state index in [9.17, 15) is 0 Å². The summed E-state index contributed by atoms with van der Waals surface area (Å²) in [5, 5.41) is 10.4. The Morgan fingerprint density at radius 2 is 2.11 bits per heavy atom. The van der Waals surface area contributed by atoms with Crippen molar-refractivity contribution in [3.8, 4) is 11.4 Å². The van der Waals surface area contributed by atoms with Crippen molar-refractivity contribution in [2.75, 3.05) is 26.8 Å². The second-order valence-corrected chi connectivity index (χ2v) is 10.6. The monoisotopic (exact) mass is 529 g/mol. The highest BCUT2D eigenvalue weighted by Gasteiger charge is 2.43. The van der Waals surface area contributed by atoms with Gasteiger partial charge in [-0.15, -0.1) is 11.7 Å². The van der Waals surface area contributed by atoms with Gasteiger partial charge in [0.2, 0.25) is 0 Å². The molecule has 0 N–H and O–H groups in total. The van der Waals surface area contributed by atoms with Crippen LogP contribution in [0.25, 0.3) is 16.6 Å². The van der Waals surface area contributed by atoms with Crippen molar-refractivity contribution in [3.63, 3.8) is 0 Å². The number of hydrogen-bond donors (Lipinski definition) is 0. The molecular formula is C30H32ClN5O2. The highest BCUT2D eigenvalue weighted by Crippen LogP contribution is 2.43. The zero-order valence-electron chi connectivity index (χ0n) is 21.5. The molecule has 196 valence electrons. The second-order valence-electron chi connectivity index (χ2n) is 10.2. The molecule has 2 bridgehead atoms. The summed E-state index contributed by atoms with van der Waals surface area (Å²) in [4.78, 5) is 7.21. The van der Waals surface area contributed by atoms with Gasteiger partial charge in [-0.25, -0.2) is 4.68 Å². The Morgan fingerprint density at radius 1 is 1.21 bits per heavy atom. The predicted molar refractivity (Wildman–Crippen MR) is 149 cm³/mol. The van der Waals surface area contributed by atoms with E-state index >= 15 is 0 Å². The zero-order chi connectivity index (χ0) is 26.1. The van der Waals surface area contributed by atoms with Crippen LogP contribution in [-0.4, -0.2) is 57.7 Å². The number of benzene rings is 2. The summed E-state index contributed by atoms with van der Waals surface area (Å²) in [6, 6.07) is 16.1. The van der Waals surface area contributed by atoms with Crippen LogP contribution in [0.4, 0.5) is 0 Å². The third-order valence-electron chi connectivity index (χ3n) is 8.09. The van der Waals surface area contributed by atoms with Gasteiger partial charge in [0.15, 0.2) is 0 Å². The summed E-state index contributed by atoms with van der Waals surface area (Å²) >= 11 is 6.35. The molecule has 2 aromatic heterocycles. The van der Waals surface area contributed by atoms with E-state index in [-0.39, 0.29) is 6.10 Å². The van der Waals surface area contributed by atoms with Crippen LogP contribution < -0.4 is 4.74 Å². The quantitative estimate of drug-likeness (QED) is 0.260. The lowest BCUT2D eigenvalue weighted by Gasteiger charge is -2.51. The molecule has 4 aromatic rings. The molecule has 3 saturated heterocycles. The maximum atomic E-state index is 6.77. The number of fused-ring (bicyclic) bond motifs is 4. The van der Waals surface area contributed by atoms with Gasteiger partial charge in [0.1, 0.15) is 5.75 Å². The first-order valence-corrected chi connectivity index (χ1v) is 13.6. The average Bonchev–Trinajstić information content (AvgIpc) is 3.44. The lowest BCUT2D eigenvalue weighted by molar-refractivity contribution is -0.0742. The van der Waals surface area contributed by atoms with Crippen LogP contribution in [0.5, 0.6) is 5.75 Å². The minimum Gasteiger partial charge on any atom is -0.497 e. The summed E-state index contributed by atoms with van der Waals surface area (Å²) in [5.41, 5.74) is 3.77. The Balaban J connectivity index is 1.27. The molecule has 8 heteroatoms. The maximum absolute atomic E-state index is 6.77. The van der Waals surface area contributed by atoms with Gasteiger partial charge in [-0.3, -0.25) is 9.88 Å². The summed E-state index contributed by atoms with van der Waals surface area (Å²) in [7, 11) is 1.70. The Morgan fingerprint density at radius 3 is 2.89 bits per heavy atom. The van der Waals surface area contributed by atoms with Crippen molar-refractivity contribution in [2.24, 2.45) is 11.8 Å². The molecule has 3 fully saturated rings. The minimum absolute atomic E-state index is 0.0974. The number of ether oxygens (including phenoxy) is 2. The van der Waals surface area contributed by atoms with Crippen LogP contribution in [0.1, 0.15) is 30.2 Å². The summed E-state index contributed by atoms with van der Waals surface area (Å²) < 4.78 is 14.0. The average molecular weight is 530 g/mol. The number of hydrogen-bond acceptors (Lipinski definition) is 6. The van der Waals surface area contributed by atoms with Gasteiger partial charge >= 0.3 is 0 Å². The first-order valence-electron chi connectivity index (χ1n) is 13.2. The lowest BCUT2D eigenvalue weighted by Crippen LogP contribution is -2.55. The normalized spacial score (nSPS) is 23.4. The standard InChI is InChI=1S/C30H32ClN5O2/c1-3-20-18-35-14-11-21(20)16-29(35)30(24-10-13-32-27-9-8-23(37-2)17-25(24)27)38-15-12-22-19-36(34-33-22)28-7-5-4-6-26(28)31/h3-10,13,17,19-21,29-30H,1,11-12,14-16,18H2,2H3/t20-,21-,29+,30+/m0/s1. The number of nitrogens with zero attached hydrogens (tertiary/aromatic N) is 5. The number of pyridine rings is 1. The summed E-state index contributed by atoms with van der Waals surface area (Å²) in [5.74, 6) is 2.01. The fourth-order valence-corrected chi connectivity index (χ4v) is 6.30. The summed E-state index contributed by atoms with van der Waals surface area (Å²) in [6.07, 6.45) is 8.82. The lowest BCUT2D eigenvalue weighted by atomic mass is 9.73. The van der Waals surface area contributed by atoms with E-state index in [1.54, 1.807) is 11.8 Å². The molecule has 0 amide bonds. The van der Waals surface area contributed by atoms with Crippen molar-refractivity contribution >= 4 is 22.5 Å². The molecule has 7 rings (SSSR count). The third kappa shape index (κ3) is 4.82. The summed E-state index contributed by atoms with van der Waals surface area (Å²) in [6.45, 7) is 6.76. The molecule has 0 saturated carbocycles. The molecule has 38 heavy (non-hydrogen) atoms. The molecule has 3 aliphatic rings. The molecule has 0 radical (unpaired) electrons. The van der Waals surface area contributed by atoms with Crippen molar-refractivity contribution in [1.29, 1.82) is 0 Å². The van der Waals surface area contributed by atoms with Crippen LogP contribution in [0.15, 0.2) is 73.6 Å². The van der Waals surface area contributed by atoms with E-state index in [2.05, 4.69) is 45.0 Å². The van der Waals surface area contributed by atoms with Gasteiger partial charge in [-0.2, -0.15) is 0 Å². The predicted octanol–water partition coefficient (Wildman–Crippen LogP) is 5.67. The van der Waals surface area contributed by atoms with Crippen LogP contribution in [0, 0.1) is 11.8 Å². The Bertz CT molecular complexity index is 1440. The Labute approximate surface area is 228 Å². The maximum Gasteiger partial charge on any atom is 0.119 e. The molecule has 0 spiro atoms. The minimum atomic E-state index is -0.0974. The number of para-hydroxylation sites is 1. The third-order valence-corrected chi connectivity index (χ3v) is 8.41. The van der Waals surface area contributed by atoms with Gasteiger partial charge in [0.05, 0.1) is 47.9 Å². The molecule has 1 unspecified atom stereocenters. The SMILES string of the molecule is C=C[C@H]1CN2CC[C@H]1C[C@@H]2[C@H](OCCc1cn(-c2ccccc2Cl)nn1)c1ccnc2ccc(OC)cc12. The Kier molecular flexibility index (Phi) is 7.15. The largest absolute Gasteiger partial charge is 0.497 e. The molecule has 3 aliphatic heterocycles. The first kappa shape index (κ1) is 25.0. The van der Waals surface area contributed by atoms with Gasteiger partial charge in [-0.1, -0.05) is 35.0 Å². The Hall–Kier alpha value is -3.26. The molecule has 0 aliphatic carbocycles. The van der Waals surface area contributed by atoms with Gasteiger partial charge < -0.3 is 9.47 Å². The molecule has 5 heterocycles. The van der Waals surface area contributed by atoms with Crippen LogP contribution >= 0.6 is 11.6 Å². The molecule has 5 atom stereocenters. The second kappa shape index (κ2) is 10.8. The van der Waals surface area contributed by atoms with E-state index in [1.807, 2.05) is 48.8 Å². The topological polar surface area (TPSA) is 65.3 Å². The van der Waals surface area contributed by atoms with Crippen molar-refractivity contribution in [3.05, 3.63) is 89.9 Å². The number of rotatable bonds is 9. The fourth-order valence-electron chi connectivity index (χ4n) is 6.08. The van der Waals surface area contributed by atoms with Crippen LogP contribution in [0.3, 0.4) is 0 Å². The molecule has 2 aromatic carbocycles. The zero-order valence-corrected chi connectivity index (χ0v) is 22.3. The van der Waals surface area contributed by atoms with E-state index in [4.69, 9.17) is 21.1 Å². The highest BCUT2D eigenvalue weighted by atomic mass is 35.5. The van der Waals surface area contributed by atoms with Gasteiger partial charge in [0.25, 0.3) is 0 Å². The number of piperidine rings is 3. The van der Waals surface area contributed by atoms with Gasteiger partial charge in [0, 0.05) is 30.6 Å². The van der Waals surface area contributed by atoms with Crippen molar-refractivity contribution < 1.29 is 9.47 Å². The smallest absolute Gasteiger partial charge is 0.119 e. The number of methoxy groups -OCH3 is 1. The highest BCUT2D eigenvalue weighted by molar-refractivity contribution is 6.32. The van der Waals surface area contributed by atoms with Crippen molar-refractivity contribution in [1.82, 2.24) is 24.9 Å². The van der Waals surface area contributed by atoms with Crippen LogP contribution in [0.2, 0.25) is 5.02 Å². The number of halogens is 1. The van der Waals surface area contributed by atoms with E-state index in [0.717, 1.165) is 53.1 Å². The van der Waals surface area contributed by atoms with Gasteiger partial charge in [-0.05, 0) is 73.2 Å². The molecule has 7 nitrogen and oxygen atoms in total. The molecular weight excluding hydrogens is 498 g/mol. The van der Waals surface area contributed by atoms with Crippen molar-refractivity contribution in [2.45, 2.75) is 31.4 Å².